The second-order valence-corrected chi connectivity index (χ2v) is 10.2. The molecule has 0 saturated carbocycles. The Morgan fingerprint density at radius 1 is 1.06 bits per heavy atom. The van der Waals surface area contributed by atoms with E-state index in [1.165, 1.54) is 29.8 Å². The number of anilines is 1. The Morgan fingerprint density at radius 3 is 2.35 bits per heavy atom. The Morgan fingerprint density at radius 2 is 1.71 bits per heavy atom. The van der Waals surface area contributed by atoms with Gasteiger partial charge >= 0.3 is 0 Å². The molecule has 1 fully saturated rings. The molecule has 1 saturated heterocycles. The lowest BCUT2D eigenvalue weighted by atomic mass is 10.1. The van der Waals surface area contributed by atoms with Gasteiger partial charge in [0.1, 0.15) is 23.7 Å². The third kappa shape index (κ3) is 5.31. The molecule has 0 aromatic heterocycles. The van der Waals surface area contributed by atoms with Crippen LogP contribution in [0.3, 0.4) is 0 Å². The number of rotatable bonds is 5. The number of para-hydroxylation sites is 1. The maximum absolute atomic E-state index is 14.3. The molecule has 1 aliphatic rings. The van der Waals surface area contributed by atoms with Crippen molar-refractivity contribution in [3.63, 3.8) is 0 Å². The second kappa shape index (κ2) is 10.5. The molecule has 1 N–H and O–H groups in total. The van der Waals surface area contributed by atoms with E-state index in [9.17, 15) is 14.0 Å². The minimum absolute atomic E-state index is 0.0209. The molecule has 0 radical (unpaired) electrons. The first kappa shape index (κ1) is 24.7. The number of amides is 2. The number of nitrogens with zero attached hydrogens (tertiary/aromatic N) is 1. The van der Waals surface area contributed by atoms with Crippen molar-refractivity contribution >= 4 is 86.1 Å². The van der Waals surface area contributed by atoms with Crippen molar-refractivity contribution in [3.05, 3.63) is 95.9 Å². The number of ether oxygens (including phenoxy) is 1. The van der Waals surface area contributed by atoms with Crippen LogP contribution >= 0.6 is 57.4 Å². The summed E-state index contributed by atoms with van der Waals surface area (Å²) in [4.78, 5) is 26.7. The smallest absolute Gasteiger partial charge is 0.270 e. The van der Waals surface area contributed by atoms with Crippen LogP contribution in [0.25, 0.3) is 6.08 Å². The van der Waals surface area contributed by atoms with Crippen molar-refractivity contribution in [1.29, 1.82) is 0 Å². The van der Waals surface area contributed by atoms with Crippen LogP contribution in [0.2, 0.25) is 0 Å². The lowest BCUT2D eigenvalue weighted by Crippen LogP contribution is -2.54. The van der Waals surface area contributed by atoms with Crippen molar-refractivity contribution in [1.82, 2.24) is 5.32 Å². The summed E-state index contributed by atoms with van der Waals surface area (Å²) in [6.07, 6.45) is 1.47. The molecule has 3 aromatic carbocycles. The SMILES string of the molecule is Cc1ccc(COc2c(I)cc(/C=C3\C(=O)NC(=S)N(c4ccccc4F)C3=O)cc2I)cc1. The predicted octanol–water partition coefficient (Wildman–Crippen LogP) is 5.75. The van der Waals surface area contributed by atoms with E-state index in [2.05, 4.69) is 50.5 Å². The molecule has 0 atom stereocenters. The van der Waals surface area contributed by atoms with Crippen LogP contribution in [0.1, 0.15) is 16.7 Å². The Bertz CT molecular complexity index is 1320. The van der Waals surface area contributed by atoms with Gasteiger partial charge in [-0.1, -0.05) is 42.0 Å². The Labute approximate surface area is 228 Å². The third-order valence-electron chi connectivity index (χ3n) is 5.03. The number of nitrogens with one attached hydrogen (secondary N) is 1. The Hall–Kier alpha value is -2.38. The third-order valence-corrected chi connectivity index (χ3v) is 6.92. The van der Waals surface area contributed by atoms with Gasteiger partial charge in [-0.25, -0.2) is 9.29 Å². The Balaban J connectivity index is 1.61. The van der Waals surface area contributed by atoms with Crippen molar-refractivity contribution in [3.8, 4) is 5.75 Å². The number of aryl methyl sites for hydroxylation is 1. The van der Waals surface area contributed by atoms with Gasteiger partial charge in [0, 0.05) is 0 Å². The van der Waals surface area contributed by atoms with Crippen LogP contribution in [-0.4, -0.2) is 16.9 Å². The molecule has 3 aromatic rings. The highest BCUT2D eigenvalue weighted by molar-refractivity contribution is 14.1. The molecule has 0 aliphatic carbocycles. The number of hydrogen-bond acceptors (Lipinski definition) is 4. The van der Waals surface area contributed by atoms with E-state index < -0.39 is 17.6 Å². The summed E-state index contributed by atoms with van der Waals surface area (Å²) in [6, 6.07) is 17.5. The average Bonchev–Trinajstić information content (AvgIpc) is 2.78. The number of hydrogen-bond donors (Lipinski definition) is 1. The topological polar surface area (TPSA) is 58.6 Å². The highest BCUT2D eigenvalue weighted by Gasteiger charge is 2.35. The maximum atomic E-state index is 14.3. The summed E-state index contributed by atoms with van der Waals surface area (Å²) in [5.74, 6) is -1.22. The molecule has 0 unspecified atom stereocenters. The summed E-state index contributed by atoms with van der Waals surface area (Å²) < 4.78 is 22.0. The molecule has 1 heterocycles. The van der Waals surface area contributed by atoms with Crippen LogP contribution in [-0.2, 0) is 16.2 Å². The highest BCUT2D eigenvalue weighted by Crippen LogP contribution is 2.31. The van der Waals surface area contributed by atoms with Crippen LogP contribution < -0.4 is 15.0 Å². The van der Waals surface area contributed by atoms with E-state index >= 15 is 0 Å². The summed E-state index contributed by atoms with van der Waals surface area (Å²) in [5.41, 5.74) is 2.71. The largest absolute Gasteiger partial charge is 0.487 e. The van der Waals surface area contributed by atoms with E-state index in [1.807, 2.05) is 43.3 Å². The standard InChI is InChI=1S/C25H17FI2N2O3S/c1-14-6-8-15(9-7-14)13-33-22-19(27)11-16(12-20(22)28)10-17-23(31)29-25(34)30(24(17)32)21-5-3-2-4-18(21)26/h2-12H,13H2,1H3,(H,29,31,34)/b17-10+. The van der Waals surface area contributed by atoms with Crippen LogP contribution in [0.5, 0.6) is 5.75 Å². The van der Waals surface area contributed by atoms with Gasteiger partial charge in [0.05, 0.1) is 12.8 Å². The number of halogens is 3. The second-order valence-electron chi connectivity index (χ2n) is 7.50. The average molecular weight is 698 g/mol. The lowest BCUT2D eigenvalue weighted by Gasteiger charge is -2.29. The van der Waals surface area contributed by atoms with Crippen molar-refractivity contribution < 1.29 is 18.7 Å². The predicted molar refractivity (Wildman–Crippen MR) is 150 cm³/mol. The van der Waals surface area contributed by atoms with Gasteiger partial charge < -0.3 is 4.74 Å². The molecule has 4 rings (SSSR count). The molecule has 0 spiro atoms. The summed E-state index contributed by atoms with van der Waals surface area (Å²) in [7, 11) is 0. The summed E-state index contributed by atoms with van der Waals surface area (Å²) >= 11 is 9.46. The van der Waals surface area contributed by atoms with Gasteiger partial charge in [0.25, 0.3) is 11.8 Å². The van der Waals surface area contributed by atoms with Crippen molar-refractivity contribution in [2.24, 2.45) is 0 Å². The maximum Gasteiger partial charge on any atom is 0.270 e. The minimum atomic E-state index is -0.691. The van der Waals surface area contributed by atoms with Gasteiger partial charge in [-0.15, -0.1) is 0 Å². The van der Waals surface area contributed by atoms with Crippen LogP contribution in [0.4, 0.5) is 10.1 Å². The fraction of sp³-hybridized carbons (Fsp3) is 0.0800. The Kier molecular flexibility index (Phi) is 7.63. The van der Waals surface area contributed by atoms with Gasteiger partial charge in [-0.2, -0.15) is 0 Å². The van der Waals surface area contributed by atoms with Gasteiger partial charge in [0.15, 0.2) is 5.11 Å². The van der Waals surface area contributed by atoms with Crippen LogP contribution in [0.15, 0.2) is 66.2 Å². The molecular weight excluding hydrogens is 681 g/mol. The van der Waals surface area contributed by atoms with E-state index in [0.717, 1.165) is 23.4 Å². The molecule has 2 amide bonds. The van der Waals surface area contributed by atoms with Crippen LogP contribution in [0, 0.1) is 19.9 Å². The van der Waals surface area contributed by atoms with E-state index in [-0.39, 0.29) is 16.4 Å². The van der Waals surface area contributed by atoms with Gasteiger partial charge in [0.2, 0.25) is 0 Å². The molecule has 0 bridgehead atoms. The highest BCUT2D eigenvalue weighted by atomic mass is 127. The van der Waals surface area contributed by atoms with E-state index in [0.29, 0.717) is 12.2 Å². The number of carbonyl (C=O) groups excluding carboxylic acids is 2. The van der Waals surface area contributed by atoms with E-state index in [4.69, 9.17) is 17.0 Å². The zero-order chi connectivity index (χ0) is 24.4. The first-order valence-electron chi connectivity index (χ1n) is 10.1. The van der Waals surface area contributed by atoms with Crippen molar-refractivity contribution in [2.75, 3.05) is 4.90 Å². The van der Waals surface area contributed by atoms with Gasteiger partial charge in [-0.05, 0) is 106 Å². The quantitative estimate of drug-likeness (QED) is 0.160. The fourth-order valence-electron chi connectivity index (χ4n) is 3.32. The number of benzene rings is 3. The first-order valence-corrected chi connectivity index (χ1v) is 12.6. The van der Waals surface area contributed by atoms with E-state index in [1.54, 1.807) is 6.07 Å². The molecule has 34 heavy (non-hydrogen) atoms. The number of carbonyl (C=O) groups is 2. The lowest BCUT2D eigenvalue weighted by molar-refractivity contribution is -0.122. The monoisotopic (exact) mass is 698 g/mol. The summed E-state index contributed by atoms with van der Waals surface area (Å²) in [5, 5.41) is 2.31. The summed E-state index contributed by atoms with van der Waals surface area (Å²) in [6.45, 7) is 2.45. The molecule has 1 aliphatic heterocycles. The van der Waals surface area contributed by atoms with Crippen molar-refractivity contribution in [2.45, 2.75) is 13.5 Å². The first-order chi connectivity index (χ1) is 16.2. The fourth-order valence-corrected chi connectivity index (χ4v) is 5.72. The molecular formula is C25H17FI2N2O3S. The zero-order valence-electron chi connectivity index (χ0n) is 17.8. The molecule has 172 valence electrons. The normalized spacial score (nSPS) is 15.0. The molecule has 5 nitrogen and oxygen atoms in total. The van der Waals surface area contributed by atoms with Gasteiger partial charge in [-0.3, -0.25) is 14.9 Å². The zero-order valence-corrected chi connectivity index (χ0v) is 22.9. The molecule has 9 heteroatoms. The minimum Gasteiger partial charge on any atom is -0.487 e. The number of thiocarbonyl (C=S) groups is 1.